The molecule has 2 aliphatic heterocycles. The molecule has 0 bridgehead atoms. The van der Waals surface area contributed by atoms with Crippen molar-refractivity contribution in [3.8, 4) is 0 Å². The zero-order valence-electron chi connectivity index (χ0n) is 12.2. The predicted octanol–water partition coefficient (Wildman–Crippen LogP) is 0.153. The van der Waals surface area contributed by atoms with E-state index in [1.54, 1.807) is 4.31 Å². The molecule has 0 N–H and O–H groups in total. The van der Waals surface area contributed by atoms with E-state index in [1.165, 1.54) is 13.4 Å². The first-order valence-electron chi connectivity index (χ1n) is 7.15. The van der Waals surface area contributed by atoms with E-state index in [0.29, 0.717) is 19.0 Å². The van der Waals surface area contributed by atoms with E-state index in [9.17, 15) is 13.2 Å². The normalized spacial score (nSPS) is 29.5. The van der Waals surface area contributed by atoms with Gasteiger partial charge in [0.15, 0.2) is 0 Å². The van der Waals surface area contributed by atoms with Crippen LogP contribution in [0.5, 0.6) is 0 Å². The number of hydrogen-bond donors (Lipinski definition) is 0. The van der Waals surface area contributed by atoms with Crippen LogP contribution >= 0.6 is 0 Å². The zero-order valence-corrected chi connectivity index (χ0v) is 13.1. The molecule has 0 aliphatic carbocycles. The van der Waals surface area contributed by atoms with Crippen LogP contribution in [0, 0.1) is 11.8 Å². The number of carbonyl (C=O) groups excluding carboxylic acids is 1. The van der Waals surface area contributed by atoms with E-state index in [4.69, 9.17) is 4.74 Å². The van der Waals surface area contributed by atoms with Crippen molar-refractivity contribution < 1.29 is 17.9 Å². The average Bonchev–Trinajstić information content (AvgIpc) is 2.85. The maximum atomic E-state index is 11.6. The molecule has 2 aliphatic rings. The van der Waals surface area contributed by atoms with Gasteiger partial charge < -0.3 is 9.64 Å². The summed E-state index contributed by atoms with van der Waals surface area (Å²) in [5.74, 6) is 0.221. The number of methoxy groups -OCH3 is 1. The molecule has 0 aromatic carbocycles. The average molecular weight is 304 g/mol. The van der Waals surface area contributed by atoms with E-state index < -0.39 is 10.0 Å². The van der Waals surface area contributed by atoms with Gasteiger partial charge in [-0.15, -0.1) is 0 Å². The number of likely N-dealkylation sites (tertiary alicyclic amines) is 1. The molecule has 0 radical (unpaired) electrons. The molecule has 6 nitrogen and oxygen atoms in total. The fourth-order valence-electron chi connectivity index (χ4n) is 3.20. The first-order valence-corrected chi connectivity index (χ1v) is 9.00. The van der Waals surface area contributed by atoms with Crippen molar-refractivity contribution in [3.63, 3.8) is 0 Å². The van der Waals surface area contributed by atoms with E-state index >= 15 is 0 Å². The summed E-state index contributed by atoms with van der Waals surface area (Å²) >= 11 is 0. The van der Waals surface area contributed by atoms with Crippen LogP contribution in [0.15, 0.2) is 0 Å². The predicted molar refractivity (Wildman–Crippen MR) is 75.7 cm³/mol. The van der Waals surface area contributed by atoms with E-state index in [0.717, 1.165) is 38.9 Å². The lowest BCUT2D eigenvalue weighted by Crippen LogP contribution is -2.43. The Hall–Kier alpha value is -0.660. The molecular formula is C13H24N2O4S. The van der Waals surface area contributed by atoms with Gasteiger partial charge in [0.05, 0.1) is 19.3 Å². The Morgan fingerprint density at radius 2 is 2.00 bits per heavy atom. The fraction of sp³-hybridized carbons (Fsp3) is 0.923. The van der Waals surface area contributed by atoms with E-state index in [1.807, 2.05) is 0 Å². The third-order valence-electron chi connectivity index (χ3n) is 4.27. The highest BCUT2D eigenvalue weighted by molar-refractivity contribution is 7.88. The first kappa shape index (κ1) is 15.7. The molecule has 2 atom stereocenters. The Bertz CT molecular complexity index is 451. The second-order valence-corrected chi connectivity index (χ2v) is 7.88. The van der Waals surface area contributed by atoms with Gasteiger partial charge in [-0.05, 0) is 31.7 Å². The molecule has 0 amide bonds. The summed E-state index contributed by atoms with van der Waals surface area (Å²) < 4.78 is 29.6. The third kappa shape index (κ3) is 3.93. The second kappa shape index (κ2) is 6.41. The molecule has 0 saturated carbocycles. The summed E-state index contributed by atoms with van der Waals surface area (Å²) in [6.45, 7) is 3.76. The SMILES string of the molecule is COC(=O)C1CCN(CC2CCCN(S(C)(=O)=O)C2)C1. The molecule has 7 heteroatoms. The van der Waals surface area contributed by atoms with Crippen LogP contribution in [-0.4, -0.2) is 69.7 Å². The van der Waals surface area contributed by atoms with Gasteiger partial charge in [-0.2, -0.15) is 0 Å². The summed E-state index contributed by atoms with van der Waals surface area (Å²) in [5.41, 5.74) is 0. The van der Waals surface area contributed by atoms with Crippen LogP contribution in [0.4, 0.5) is 0 Å². The summed E-state index contributed by atoms with van der Waals surface area (Å²) in [6.07, 6.45) is 4.10. The van der Waals surface area contributed by atoms with Crippen molar-refractivity contribution in [2.24, 2.45) is 11.8 Å². The smallest absolute Gasteiger partial charge is 0.310 e. The van der Waals surface area contributed by atoms with Gasteiger partial charge in [0.2, 0.25) is 10.0 Å². The van der Waals surface area contributed by atoms with Crippen LogP contribution < -0.4 is 0 Å². The van der Waals surface area contributed by atoms with Crippen molar-refractivity contribution in [3.05, 3.63) is 0 Å². The number of sulfonamides is 1. The van der Waals surface area contributed by atoms with Gasteiger partial charge in [0.1, 0.15) is 0 Å². The minimum Gasteiger partial charge on any atom is -0.469 e. The van der Waals surface area contributed by atoms with E-state index in [-0.39, 0.29) is 11.9 Å². The Morgan fingerprint density at radius 3 is 2.65 bits per heavy atom. The van der Waals surface area contributed by atoms with Gasteiger partial charge in [-0.1, -0.05) is 0 Å². The van der Waals surface area contributed by atoms with Crippen LogP contribution in [0.25, 0.3) is 0 Å². The van der Waals surface area contributed by atoms with Gasteiger partial charge in [-0.25, -0.2) is 12.7 Å². The molecule has 20 heavy (non-hydrogen) atoms. The fourth-order valence-corrected chi connectivity index (χ4v) is 4.14. The van der Waals surface area contributed by atoms with Gasteiger partial charge in [0, 0.05) is 26.2 Å². The van der Waals surface area contributed by atoms with Crippen LogP contribution in [0.3, 0.4) is 0 Å². The first-order chi connectivity index (χ1) is 9.40. The number of carbonyl (C=O) groups is 1. The standard InChI is InChI=1S/C13H24N2O4S/c1-19-13(16)12-5-7-14(10-12)8-11-4-3-6-15(9-11)20(2,17)18/h11-12H,3-10H2,1-2H3. The third-order valence-corrected chi connectivity index (χ3v) is 5.54. The van der Waals surface area contributed by atoms with Crippen molar-refractivity contribution in [1.29, 1.82) is 0 Å². The van der Waals surface area contributed by atoms with Gasteiger partial charge >= 0.3 is 5.97 Å². The Kier molecular flexibility index (Phi) is 5.04. The molecule has 2 saturated heterocycles. The molecule has 116 valence electrons. The minimum atomic E-state index is -3.08. The molecule has 0 aromatic rings. The Labute approximate surface area is 121 Å². The quantitative estimate of drug-likeness (QED) is 0.692. The molecule has 0 spiro atoms. The Morgan fingerprint density at radius 1 is 1.25 bits per heavy atom. The van der Waals surface area contributed by atoms with Gasteiger partial charge in [-0.3, -0.25) is 4.79 Å². The summed E-state index contributed by atoms with van der Waals surface area (Å²) in [5, 5.41) is 0. The highest BCUT2D eigenvalue weighted by Crippen LogP contribution is 2.23. The zero-order chi connectivity index (χ0) is 14.8. The number of nitrogens with zero attached hydrogens (tertiary/aromatic N) is 2. The van der Waals surface area contributed by atoms with Gasteiger partial charge in [0.25, 0.3) is 0 Å². The highest BCUT2D eigenvalue weighted by atomic mass is 32.2. The number of rotatable bonds is 4. The number of hydrogen-bond acceptors (Lipinski definition) is 5. The molecule has 0 aromatic heterocycles. The van der Waals surface area contributed by atoms with Crippen LogP contribution in [0.1, 0.15) is 19.3 Å². The summed E-state index contributed by atoms with van der Waals surface area (Å²) in [7, 11) is -1.65. The maximum Gasteiger partial charge on any atom is 0.310 e. The number of ether oxygens (including phenoxy) is 1. The monoisotopic (exact) mass is 304 g/mol. The molecule has 2 rings (SSSR count). The minimum absolute atomic E-state index is 0.0189. The molecule has 2 fully saturated rings. The topological polar surface area (TPSA) is 66.9 Å². The highest BCUT2D eigenvalue weighted by Gasteiger charge is 2.32. The Balaban J connectivity index is 1.84. The molecular weight excluding hydrogens is 280 g/mol. The van der Waals surface area contributed by atoms with Crippen LogP contribution in [0.2, 0.25) is 0 Å². The molecule has 2 unspecified atom stereocenters. The lowest BCUT2D eigenvalue weighted by molar-refractivity contribution is -0.144. The van der Waals surface area contributed by atoms with Crippen molar-refractivity contribution >= 4 is 16.0 Å². The number of esters is 1. The lowest BCUT2D eigenvalue weighted by Gasteiger charge is -2.33. The number of piperidine rings is 1. The van der Waals surface area contributed by atoms with E-state index in [2.05, 4.69) is 4.90 Å². The summed E-state index contributed by atoms with van der Waals surface area (Å²) in [4.78, 5) is 13.8. The molecule has 2 heterocycles. The van der Waals surface area contributed by atoms with Crippen molar-refractivity contribution in [2.75, 3.05) is 46.1 Å². The van der Waals surface area contributed by atoms with Crippen molar-refractivity contribution in [2.45, 2.75) is 19.3 Å². The second-order valence-electron chi connectivity index (χ2n) is 5.90. The van der Waals surface area contributed by atoms with Crippen molar-refractivity contribution in [1.82, 2.24) is 9.21 Å². The van der Waals surface area contributed by atoms with Crippen LogP contribution in [-0.2, 0) is 19.6 Å². The maximum absolute atomic E-state index is 11.6. The summed E-state index contributed by atoms with van der Waals surface area (Å²) in [6, 6.07) is 0. The lowest BCUT2D eigenvalue weighted by atomic mass is 9.99. The largest absolute Gasteiger partial charge is 0.469 e.